The van der Waals surface area contributed by atoms with Gasteiger partial charge in [-0.1, -0.05) is 24.3 Å². The monoisotopic (exact) mass is 390 g/mol. The molecule has 0 spiro atoms. The number of nitrogens with one attached hydrogen (secondary N) is 1. The van der Waals surface area contributed by atoms with Crippen molar-refractivity contribution in [2.75, 3.05) is 13.1 Å². The van der Waals surface area contributed by atoms with E-state index in [1.807, 2.05) is 45.2 Å². The summed E-state index contributed by atoms with van der Waals surface area (Å²) in [5, 5.41) is 7.69. The van der Waals surface area contributed by atoms with E-state index >= 15 is 0 Å². The molecule has 6 heteroatoms. The molecule has 1 unspecified atom stereocenters. The molecule has 1 fully saturated rings. The van der Waals surface area contributed by atoms with Crippen LogP contribution in [0.25, 0.3) is 22.4 Å². The van der Waals surface area contributed by atoms with Crippen LogP contribution in [0, 0.1) is 0 Å². The molecule has 3 heterocycles. The third-order valence-corrected chi connectivity index (χ3v) is 5.03. The van der Waals surface area contributed by atoms with Gasteiger partial charge in [0.1, 0.15) is 5.60 Å². The molecule has 1 N–H and O–H groups in total. The van der Waals surface area contributed by atoms with Crippen molar-refractivity contribution in [2.24, 2.45) is 0 Å². The lowest BCUT2D eigenvalue weighted by Gasteiger charge is -2.24. The van der Waals surface area contributed by atoms with Crippen molar-refractivity contribution in [3.63, 3.8) is 0 Å². The molecule has 150 valence electrons. The van der Waals surface area contributed by atoms with Gasteiger partial charge in [-0.2, -0.15) is 5.10 Å². The summed E-state index contributed by atoms with van der Waals surface area (Å²) < 4.78 is 5.49. The van der Waals surface area contributed by atoms with Crippen LogP contribution in [0.4, 0.5) is 4.79 Å². The molecule has 1 aromatic carbocycles. The van der Waals surface area contributed by atoms with Crippen molar-refractivity contribution in [1.82, 2.24) is 20.1 Å². The summed E-state index contributed by atoms with van der Waals surface area (Å²) in [7, 11) is 0. The Morgan fingerprint density at radius 1 is 1.14 bits per heavy atom. The quantitative estimate of drug-likeness (QED) is 0.693. The molecule has 1 aliphatic heterocycles. The van der Waals surface area contributed by atoms with Gasteiger partial charge in [0, 0.05) is 48.2 Å². The maximum absolute atomic E-state index is 12.3. The van der Waals surface area contributed by atoms with Crippen LogP contribution in [-0.2, 0) is 4.74 Å². The summed E-state index contributed by atoms with van der Waals surface area (Å²) in [6.07, 6.45) is 4.29. The smallest absolute Gasteiger partial charge is 0.410 e. The molecule has 0 saturated carbocycles. The van der Waals surface area contributed by atoms with Crippen LogP contribution in [-0.4, -0.2) is 44.9 Å². The summed E-state index contributed by atoms with van der Waals surface area (Å²) in [5.74, 6) is 0.241. The number of likely N-dealkylation sites (tertiary alicyclic amines) is 1. The Bertz CT molecular complexity index is 991. The van der Waals surface area contributed by atoms with E-state index < -0.39 is 5.60 Å². The van der Waals surface area contributed by atoms with Crippen molar-refractivity contribution < 1.29 is 9.53 Å². The number of hydrogen-bond acceptors (Lipinski definition) is 4. The Morgan fingerprint density at radius 3 is 2.69 bits per heavy atom. The molecule has 0 aliphatic carbocycles. The summed E-state index contributed by atoms with van der Waals surface area (Å²) >= 11 is 0. The third kappa shape index (κ3) is 4.47. The molecule has 2 aromatic heterocycles. The Labute approximate surface area is 170 Å². The number of carbonyl (C=O) groups is 1. The van der Waals surface area contributed by atoms with E-state index in [9.17, 15) is 4.79 Å². The van der Waals surface area contributed by atoms with Crippen LogP contribution in [0.2, 0.25) is 0 Å². The lowest BCUT2D eigenvalue weighted by atomic mass is 10.0. The lowest BCUT2D eigenvalue weighted by Crippen LogP contribution is -2.35. The van der Waals surface area contributed by atoms with E-state index in [4.69, 9.17) is 4.74 Å². The number of amides is 1. The maximum atomic E-state index is 12.3. The fraction of sp³-hybridized carbons (Fsp3) is 0.348. The fourth-order valence-electron chi connectivity index (χ4n) is 3.59. The number of H-pyrrole nitrogens is 1. The van der Waals surface area contributed by atoms with E-state index in [0.717, 1.165) is 34.5 Å². The zero-order valence-corrected chi connectivity index (χ0v) is 17.1. The number of aromatic nitrogens is 3. The van der Waals surface area contributed by atoms with Gasteiger partial charge in [0.25, 0.3) is 0 Å². The SMILES string of the molecule is CC(C)(C)OC(=O)N1CCC(c2cc(-c3cccc(-c4cccnc4)c3)n[nH]2)C1. The second-order valence-electron chi connectivity index (χ2n) is 8.44. The number of hydrogen-bond donors (Lipinski definition) is 1. The van der Waals surface area contributed by atoms with E-state index in [1.54, 1.807) is 11.1 Å². The number of pyridine rings is 1. The van der Waals surface area contributed by atoms with Crippen molar-refractivity contribution in [2.45, 2.75) is 38.7 Å². The van der Waals surface area contributed by atoms with Gasteiger partial charge >= 0.3 is 6.09 Å². The number of rotatable bonds is 3. The topological polar surface area (TPSA) is 71.1 Å². The molecule has 29 heavy (non-hydrogen) atoms. The van der Waals surface area contributed by atoms with Crippen LogP contribution >= 0.6 is 0 Å². The van der Waals surface area contributed by atoms with Crippen molar-refractivity contribution in [3.8, 4) is 22.4 Å². The highest BCUT2D eigenvalue weighted by Crippen LogP contribution is 2.31. The molecule has 0 bridgehead atoms. The number of aromatic amines is 1. The average Bonchev–Trinajstić information content (AvgIpc) is 3.37. The summed E-state index contributed by atoms with van der Waals surface area (Å²) in [5.41, 5.74) is 4.72. The lowest BCUT2D eigenvalue weighted by molar-refractivity contribution is 0.0292. The highest BCUT2D eigenvalue weighted by molar-refractivity contribution is 5.71. The summed E-state index contributed by atoms with van der Waals surface area (Å²) in [4.78, 5) is 18.3. The Morgan fingerprint density at radius 2 is 1.93 bits per heavy atom. The molecular formula is C23H26N4O2. The number of ether oxygens (including phenoxy) is 1. The molecule has 1 amide bonds. The van der Waals surface area contributed by atoms with Gasteiger partial charge < -0.3 is 9.64 Å². The minimum absolute atomic E-state index is 0.241. The van der Waals surface area contributed by atoms with Crippen LogP contribution < -0.4 is 0 Å². The predicted octanol–water partition coefficient (Wildman–Crippen LogP) is 4.86. The molecule has 3 aromatic rings. The van der Waals surface area contributed by atoms with Gasteiger partial charge in [0.15, 0.2) is 0 Å². The normalized spacial score (nSPS) is 16.8. The molecular weight excluding hydrogens is 364 g/mol. The first-order valence-electron chi connectivity index (χ1n) is 9.93. The second-order valence-corrected chi connectivity index (χ2v) is 8.44. The van der Waals surface area contributed by atoms with Gasteiger partial charge in [0.05, 0.1) is 5.69 Å². The molecule has 1 aliphatic rings. The van der Waals surface area contributed by atoms with Gasteiger partial charge in [-0.15, -0.1) is 0 Å². The van der Waals surface area contributed by atoms with Crippen molar-refractivity contribution in [3.05, 3.63) is 60.6 Å². The highest BCUT2D eigenvalue weighted by Gasteiger charge is 2.31. The van der Waals surface area contributed by atoms with E-state index in [-0.39, 0.29) is 12.0 Å². The molecule has 6 nitrogen and oxygen atoms in total. The van der Waals surface area contributed by atoms with Crippen LogP contribution in [0.3, 0.4) is 0 Å². The minimum atomic E-state index is -0.477. The van der Waals surface area contributed by atoms with E-state index in [2.05, 4.69) is 39.4 Å². The number of benzene rings is 1. The van der Waals surface area contributed by atoms with Crippen LogP contribution in [0.5, 0.6) is 0 Å². The molecule has 1 saturated heterocycles. The molecule has 0 radical (unpaired) electrons. The first-order valence-corrected chi connectivity index (χ1v) is 9.93. The Balaban J connectivity index is 1.48. The fourth-order valence-corrected chi connectivity index (χ4v) is 3.59. The second kappa shape index (κ2) is 7.70. The van der Waals surface area contributed by atoms with E-state index in [0.29, 0.717) is 13.1 Å². The average molecular weight is 390 g/mol. The number of nitrogens with zero attached hydrogens (tertiary/aromatic N) is 3. The largest absolute Gasteiger partial charge is 0.444 e. The Kier molecular flexibility index (Phi) is 5.09. The summed E-state index contributed by atoms with van der Waals surface area (Å²) in [6.45, 7) is 7.01. The van der Waals surface area contributed by atoms with Crippen LogP contribution in [0.15, 0.2) is 54.9 Å². The first kappa shape index (κ1) is 19.2. The van der Waals surface area contributed by atoms with E-state index in [1.165, 1.54) is 0 Å². The van der Waals surface area contributed by atoms with Crippen LogP contribution in [0.1, 0.15) is 38.8 Å². The molecule has 4 rings (SSSR count). The van der Waals surface area contributed by atoms with Gasteiger partial charge in [0.2, 0.25) is 0 Å². The molecule has 1 atom stereocenters. The zero-order valence-electron chi connectivity index (χ0n) is 17.1. The van der Waals surface area contributed by atoms with Gasteiger partial charge in [-0.3, -0.25) is 10.1 Å². The van der Waals surface area contributed by atoms with Crippen molar-refractivity contribution in [1.29, 1.82) is 0 Å². The van der Waals surface area contributed by atoms with Crippen molar-refractivity contribution >= 4 is 6.09 Å². The minimum Gasteiger partial charge on any atom is -0.444 e. The van der Waals surface area contributed by atoms with Gasteiger partial charge in [-0.25, -0.2) is 4.79 Å². The highest BCUT2D eigenvalue weighted by atomic mass is 16.6. The third-order valence-electron chi connectivity index (χ3n) is 5.03. The maximum Gasteiger partial charge on any atom is 0.410 e. The number of carbonyl (C=O) groups excluding carboxylic acids is 1. The standard InChI is InChI=1S/C23H26N4O2/c1-23(2,3)29-22(28)27-11-9-19(15-27)21-13-20(25-26-21)17-7-4-6-16(12-17)18-8-5-10-24-14-18/h4-8,10,12-14,19H,9,11,15H2,1-3H3,(H,25,26). The summed E-state index contributed by atoms with van der Waals surface area (Å²) in [6, 6.07) is 14.4. The Hall–Kier alpha value is -3.15. The first-order chi connectivity index (χ1) is 13.9. The zero-order chi connectivity index (χ0) is 20.4. The predicted molar refractivity (Wildman–Crippen MR) is 112 cm³/mol. The van der Waals surface area contributed by atoms with Gasteiger partial charge in [-0.05, 0) is 51.0 Å².